The lowest BCUT2D eigenvalue weighted by Gasteiger charge is -2.32. The van der Waals surface area contributed by atoms with Crippen LogP contribution >= 0.6 is 0 Å². The number of nitrogens with one attached hydrogen (secondary N) is 1. The van der Waals surface area contributed by atoms with Crippen LogP contribution in [0.5, 0.6) is 0 Å². The van der Waals surface area contributed by atoms with E-state index in [1.807, 2.05) is 44.2 Å². The minimum absolute atomic E-state index is 0.0177. The Balaban J connectivity index is 1.69. The van der Waals surface area contributed by atoms with Crippen LogP contribution in [0.25, 0.3) is 0 Å². The Morgan fingerprint density at radius 3 is 2.67 bits per heavy atom. The molecule has 1 aromatic carbocycles. The predicted molar refractivity (Wildman–Crippen MR) is 90.7 cm³/mol. The van der Waals surface area contributed by atoms with Gasteiger partial charge in [0.15, 0.2) is 0 Å². The molecule has 0 aromatic heterocycles. The number of carbonyl (C=O) groups excluding carboxylic acids is 1. The van der Waals surface area contributed by atoms with Gasteiger partial charge < -0.3 is 10.1 Å². The molecule has 24 heavy (non-hydrogen) atoms. The van der Waals surface area contributed by atoms with Gasteiger partial charge in [-0.15, -0.1) is 0 Å². The molecule has 3 atom stereocenters. The molecule has 7 heteroatoms. The van der Waals surface area contributed by atoms with Crippen LogP contribution in [-0.2, 0) is 25.3 Å². The molecule has 2 bridgehead atoms. The Bertz CT molecular complexity index is 690. The van der Waals surface area contributed by atoms with Crippen molar-refractivity contribution in [2.75, 3.05) is 13.1 Å². The summed E-state index contributed by atoms with van der Waals surface area (Å²) >= 11 is 0. The van der Waals surface area contributed by atoms with Crippen molar-refractivity contribution >= 4 is 15.9 Å². The first kappa shape index (κ1) is 17.4. The highest BCUT2D eigenvalue weighted by molar-refractivity contribution is 7.88. The highest BCUT2D eigenvalue weighted by Gasteiger charge is 2.47. The van der Waals surface area contributed by atoms with E-state index < -0.39 is 10.0 Å². The third kappa shape index (κ3) is 3.79. The molecule has 0 radical (unpaired) electrons. The number of carbonyl (C=O) groups is 1. The summed E-state index contributed by atoms with van der Waals surface area (Å²) in [6.45, 7) is 4.41. The molecule has 2 fully saturated rings. The van der Waals surface area contributed by atoms with E-state index in [0.29, 0.717) is 13.0 Å². The summed E-state index contributed by atoms with van der Waals surface area (Å²) in [5.74, 6) is -0.329. The number of hydrogen-bond acceptors (Lipinski definition) is 4. The van der Waals surface area contributed by atoms with Crippen LogP contribution < -0.4 is 5.32 Å². The molecule has 3 rings (SSSR count). The Labute approximate surface area is 143 Å². The van der Waals surface area contributed by atoms with Gasteiger partial charge in [-0.1, -0.05) is 30.3 Å². The van der Waals surface area contributed by atoms with E-state index in [-0.39, 0.29) is 42.4 Å². The summed E-state index contributed by atoms with van der Waals surface area (Å²) in [6, 6.07) is 9.22. The zero-order valence-electron chi connectivity index (χ0n) is 14.0. The van der Waals surface area contributed by atoms with Gasteiger partial charge in [0.25, 0.3) is 0 Å². The number of rotatable bonds is 5. The molecule has 0 spiro atoms. The van der Waals surface area contributed by atoms with Crippen LogP contribution in [-0.4, -0.2) is 50.0 Å². The zero-order chi connectivity index (χ0) is 17.3. The first-order valence-electron chi connectivity index (χ1n) is 8.33. The maximum atomic E-state index is 12.7. The highest BCUT2D eigenvalue weighted by atomic mass is 32.2. The minimum Gasteiger partial charge on any atom is -0.371 e. The SMILES string of the molecule is CC(C)NC(=O)[C@@H]1C[C@H]2CN(S(=O)(=O)Cc3ccccc3)C[C@@H]1O2. The Morgan fingerprint density at radius 1 is 1.29 bits per heavy atom. The zero-order valence-corrected chi connectivity index (χ0v) is 14.8. The van der Waals surface area contributed by atoms with E-state index in [0.717, 1.165) is 5.56 Å². The van der Waals surface area contributed by atoms with Gasteiger partial charge in [0, 0.05) is 19.1 Å². The van der Waals surface area contributed by atoms with Crippen molar-refractivity contribution in [1.82, 2.24) is 9.62 Å². The Kier molecular flexibility index (Phi) is 4.94. The first-order chi connectivity index (χ1) is 11.3. The van der Waals surface area contributed by atoms with Crippen molar-refractivity contribution in [2.24, 2.45) is 5.92 Å². The van der Waals surface area contributed by atoms with Gasteiger partial charge in [0.2, 0.25) is 15.9 Å². The highest BCUT2D eigenvalue weighted by Crippen LogP contribution is 2.33. The molecule has 6 nitrogen and oxygen atoms in total. The van der Waals surface area contributed by atoms with E-state index in [4.69, 9.17) is 4.74 Å². The summed E-state index contributed by atoms with van der Waals surface area (Å²) in [7, 11) is -3.41. The van der Waals surface area contributed by atoms with E-state index in [9.17, 15) is 13.2 Å². The molecule has 0 unspecified atom stereocenters. The fraction of sp³-hybridized carbons (Fsp3) is 0.588. The third-order valence-corrected chi connectivity index (χ3v) is 6.26. The van der Waals surface area contributed by atoms with Crippen molar-refractivity contribution in [3.63, 3.8) is 0 Å². The Morgan fingerprint density at radius 2 is 2.00 bits per heavy atom. The summed E-state index contributed by atoms with van der Waals surface area (Å²) in [4.78, 5) is 12.3. The molecule has 2 aliphatic rings. The number of sulfonamides is 1. The van der Waals surface area contributed by atoms with Crippen molar-refractivity contribution in [1.29, 1.82) is 0 Å². The van der Waals surface area contributed by atoms with Crippen molar-refractivity contribution < 1.29 is 17.9 Å². The molecular formula is C17H24N2O4S. The summed E-state index contributed by atoms with van der Waals surface area (Å²) < 4.78 is 32.7. The van der Waals surface area contributed by atoms with Gasteiger partial charge in [-0.3, -0.25) is 4.79 Å². The van der Waals surface area contributed by atoms with Gasteiger partial charge in [-0.2, -0.15) is 4.31 Å². The van der Waals surface area contributed by atoms with Gasteiger partial charge in [0.05, 0.1) is 23.9 Å². The second-order valence-corrected chi connectivity index (χ2v) is 8.83. The Hall–Kier alpha value is -1.44. The topological polar surface area (TPSA) is 75.7 Å². The molecule has 2 heterocycles. The fourth-order valence-corrected chi connectivity index (χ4v) is 4.96. The third-order valence-electron chi connectivity index (χ3n) is 4.48. The van der Waals surface area contributed by atoms with E-state index in [2.05, 4.69) is 5.32 Å². The largest absolute Gasteiger partial charge is 0.371 e. The monoisotopic (exact) mass is 352 g/mol. The maximum absolute atomic E-state index is 12.7. The van der Waals surface area contributed by atoms with Gasteiger partial charge in [-0.05, 0) is 25.8 Å². The summed E-state index contributed by atoms with van der Waals surface area (Å²) in [5, 5.41) is 2.90. The van der Waals surface area contributed by atoms with Gasteiger partial charge in [0.1, 0.15) is 0 Å². The second-order valence-electron chi connectivity index (χ2n) is 6.86. The normalized spacial score (nSPS) is 27.4. The first-order valence-corrected chi connectivity index (χ1v) is 9.93. The smallest absolute Gasteiger partial charge is 0.226 e. The van der Waals surface area contributed by atoms with Crippen LogP contribution in [0.3, 0.4) is 0 Å². The number of fused-ring (bicyclic) bond motifs is 2. The average molecular weight is 352 g/mol. The molecule has 2 aliphatic heterocycles. The van der Waals surface area contributed by atoms with Crippen LogP contribution in [0, 0.1) is 5.92 Å². The lowest BCUT2D eigenvalue weighted by atomic mass is 9.99. The predicted octanol–water partition coefficient (Wildman–Crippen LogP) is 1.13. The second kappa shape index (κ2) is 6.82. The standard InChI is InChI=1S/C17H24N2O4S/c1-12(2)18-17(20)15-8-14-9-19(10-16(15)23-14)24(21,22)11-13-6-4-3-5-7-13/h3-7,12,14-16H,8-11H2,1-2H3,(H,18,20)/t14-,15+,16-/m0/s1. The molecule has 1 aromatic rings. The van der Waals surface area contributed by atoms with Gasteiger partial charge in [-0.25, -0.2) is 8.42 Å². The number of amides is 1. The average Bonchev–Trinajstić information content (AvgIpc) is 2.81. The molecule has 1 amide bonds. The number of benzene rings is 1. The van der Waals surface area contributed by atoms with E-state index in [1.54, 1.807) is 0 Å². The van der Waals surface area contributed by atoms with Crippen LogP contribution in [0.15, 0.2) is 30.3 Å². The lowest BCUT2D eigenvalue weighted by molar-refractivity contribution is -0.127. The quantitative estimate of drug-likeness (QED) is 0.862. The fourth-order valence-electron chi connectivity index (χ4n) is 3.39. The minimum atomic E-state index is -3.41. The molecule has 0 saturated carbocycles. The molecule has 2 saturated heterocycles. The number of nitrogens with zero attached hydrogens (tertiary/aromatic N) is 1. The van der Waals surface area contributed by atoms with Crippen LogP contribution in [0.2, 0.25) is 0 Å². The molecule has 0 aliphatic carbocycles. The van der Waals surface area contributed by atoms with Crippen molar-refractivity contribution in [3.8, 4) is 0 Å². The maximum Gasteiger partial charge on any atom is 0.226 e. The van der Waals surface area contributed by atoms with Crippen LogP contribution in [0.4, 0.5) is 0 Å². The lowest BCUT2D eigenvalue weighted by Crippen LogP contribution is -2.48. The van der Waals surface area contributed by atoms with Crippen LogP contribution in [0.1, 0.15) is 25.8 Å². The summed E-state index contributed by atoms with van der Waals surface area (Å²) in [6.07, 6.45) is 0.0332. The van der Waals surface area contributed by atoms with E-state index in [1.165, 1.54) is 4.31 Å². The van der Waals surface area contributed by atoms with Crippen molar-refractivity contribution in [2.45, 2.75) is 44.3 Å². The summed E-state index contributed by atoms with van der Waals surface area (Å²) in [5.41, 5.74) is 0.769. The van der Waals surface area contributed by atoms with Gasteiger partial charge >= 0.3 is 0 Å². The number of morpholine rings is 1. The molecule has 1 N–H and O–H groups in total. The molecular weight excluding hydrogens is 328 g/mol. The number of hydrogen-bond donors (Lipinski definition) is 1. The molecule has 132 valence electrons. The van der Waals surface area contributed by atoms with E-state index >= 15 is 0 Å². The number of ether oxygens (including phenoxy) is 1. The van der Waals surface area contributed by atoms with Crippen molar-refractivity contribution in [3.05, 3.63) is 35.9 Å².